The van der Waals surface area contributed by atoms with Gasteiger partial charge in [0.25, 0.3) is 10.2 Å². The van der Waals surface area contributed by atoms with E-state index in [9.17, 15) is 13.5 Å². The first-order valence-corrected chi connectivity index (χ1v) is 9.76. The zero-order chi connectivity index (χ0) is 17.9. The quantitative estimate of drug-likeness (QED) is 0.789. The van der Waals surface area contributed by atoms with Gasteiger partial charge in [0.05, 0.1) is 17.8 Å². The van der Waals surface area contributed by atoms with E-state index in [0.29, 0.717) is 25.1 Å². The number of hydrogen-bond donors (Lipinski definition) is 2. The molecule has 0 amide bonds. The Hall–Kier alpha value is -1.80. The Morgan fingerprint density at radius 1 is 1.20 bits per heavy atom. The highest BCUT2D eigenvalue weighted by atomic mass is 32.2. The van der Waals surface area contributed by atoms with E-state index in [0.717, 1.165) is 5.56 Å². The van der Waals surface area contributed by atoms with E-state index in [1.165, 1.54) is 4.31 Å². The van der Waals surface area contributed by atoms with Crippen LogP contribution in [0.2, 0.25) is 0 Å². The molecule has 1 fully saturated rings. The Balaban J connectivity index is 1.75. The maximum atomic E-state index is 12.8. The molecule has 0 saturated heterocycles. The minimum atomic E-state index is -3.68. The molecule has 1 atom stereocenters. The van der Waals surface area contributed by atoms with Gasteiger partial charge in [0.1, 0.15) is 0 Å². The first-order valence-electron chi connectivity index (χ1n) is 8.32. The van der Waals surface area contributed by atoms with Crippen LogP contribution in [0.1, 0.15) is 30.1 Å². The molecule has 134 valence electrons. The molecule has 3 rings (SSSR count). The Morgan fingerprint density at radius 3 is 2.48 bits per heavy atom. The summed E-state index contributed by atoms with van der Waals surface area (Å²) in [6.07, 6.45) is 2.44. The number of hydrogen-bond acceptors (Lipinski definition) is 4. The Labute approximate surface area is 148 Å². The lowest BCUT2D eigenvalue weighted by atomic mass is 9.76. The van der Waals surface area contributed by atoms with Gasteiger partial charge in [0, 0.05) is 19.8 Å². The van der Waals surface area contributed by atoms with Crippen LogP contribution in [-0.4, -0.2) is 36.0 Å². The summed E-state index contributed by atoms with van der Waals surface area (Å²) in [7, 11) is -2.13. The molecular formula is C18H23N3O3S. The monoisotopic (exact) mass is 361 g/mol. The summed E-state index contributed by atoms with van der Waals surface area (Å²) >= 11 is 0. The van der Waals surface area contributed by atoms with E-state index in [-0.39, 0.29) is 12.0 Å². The van der Waals surface area contributed by atoms with Crippen molar-refractivity contribution >= 4 is 10.2 Å². The Bertz CT molecular complexity index is 778. The number of aromatic nitrogens is 1. The molecule has 25 heavy (non-hydrogen) atoms. The lowest BCUT2D eigenvalue weighted by Gasteiger charge is -2.38. The second-order valence-corrected chi connectivity index (χ2v) is 8.29. The van der Waals surface area contributed by atoms with Crippen LogP contribution in [0.3, 0.4) is 0 Å². The second-order valence-electron chi connectivity index (χ2n) is 6.48. The topological polar surface area (TPSA) is 82.5 Å². The van der Waals surface area contributed by atoms with E-state index in [1.807, 2.05) is 42.5 Å². The predicted molar refractivity (Wildman–Crippen MR) is 95.7 cm³/mol. The van der Waals surface area contributed by atoms with Crippen LogP contribution in [0.25, 0.3) is 0 Å². The number of pyridine rings is 1. The molecule has 0 radical (unpaired) electrons. The number of aliphatic hydroxyl groups is 1. The van der Waals surface area contributed by atoms with Gasteiger partial charge in [0.2, 0.25) is 0 Å². The van der Waals surface area contributed by atoms with E-state index in [1.54, 1.807) is 19.3 Å². The van der Waals surface area contributed by atoms with E-state index < -0.39 is 16.3 Å². The average Bonchev–Trinajstić information content (AvgIpc) is 2.59. The van der Waals surface area contributed by atoms with Crippen molar-refractivity contribution in [2.24, 2.45) is 5.92 Å². The molecule has 1 aromatic heterocycles. The van der Waals surface area contributed by atoms with Gasteiger partial charge < -0.3 is 5.11 Å². The summed E-state index contributed by atoms with van der Waals surface area (Å²) < 4.78 is 29.6. The zero-order valence-corrected chi connectivity index (χ0v) is 14.9. The van der Waals surface area contributed by atoms with Gasteiger partial charge in [-0.3, -0.25) is 4.98 Å². The lowest BCUT2D eigenvalue weighted by Crippen LogP contribution is -2.46. The molecule has 1 aliphatic rings. The molecule has 1 heterocycles. The molecule has 1 aliphatic carbocycles. The lowest BCUT2D eigenvalue weighted by molar-refractivity contribution is 0.0271. The van der Waals surface area contributed by atoms with Crippen LogP contribution in [-0.2, 0) is 16.8 Å². The van der Waals surface area contributed by atoms with Crippen LogP contribution in [0.4, 0.5) is 0 Å². The largest absolute Gasteiger partial charge is 0.393 e. The van der Waals surface area contributed by atoms with Gasteiger partial charge in [0.15, 0.2) is 0 Å². The minimum Gasteiger partial charge on any atom is -0.393 e. The summed E-state index contributed by atoms with van der Waals surface area (Å²) in [6, 6.07) is 14.5. The predicted octanol–water partition coefficient (Wildman–Crippen LogP) is 1.86. The zero-order valence-electron chi connectivity index (χ0n) is 14.1. The summed E-state index contributed by atoms with van der Waals surface area (Å²) in [5.41, 5.74) is 1.60. The molecule has 6 nitrogen and oxygen atoms in total. The number of nitrogens with one attached hydrogen (secondary N) is 1. The third kappa shape index (κ3) is 4.43. The van der Waals surface area contributed by atoms with E-state index in [4.69, 9.17) is 0 Å². The van der Waals surface area contributed by atoms with Gasteiger partial charge in [-0.2, -0.15) is 17.4 Å². The van der Waals surface area contributed by atoms with Crippen LogP contribution >= 0.6 is 0 Å². The summed E-state index contributed by atoms with van der Waals surface area (Å²) in [5.74, 6) is 0.0461. The minimum absolute atomic E-state index is 0.0461. The van der Waals surface area contributed by atoms with Gasteiger partial charge >= 0.3 is 0 Å². The molecule has 0 spiro atoms. The molecule has 1 saturated carbocycles. The van der Waals surface area contributed by atoms with Crippen LogP contribution < -0.4 is 4.72 Å². The fourth-order valence-electron chi connectivity index (χ4n) is 3.04. The van der Waals surface area contributed by atoms with Crippen molar-refractivity contribution in [1.82, 2.24) is 14.0 Å². The van der Waals surface area contributed by atoms with Gasteiger partial charge in [-0.05, 0) is 36.5 Å². The number of aliphatic hydroxyl groups excluding tert-OH is 1. The molecule has 1 aromatic carbocycles. The summed E-state index contributed by atoms with van der Waals surface area (Å²) in [5, 5.41) is 9.61. The van der Waals surface area contributed by atoms with Gasteiger partial charge in [-0.25, -0.2) is 0 Å². The SMILES string of the molecule is CN(Cc1ccccc1)S(=O)(=O)NC(c1ccccn1)C1CC(O)C1. The Morgan fingerprint density at radius 2 is 1.88 bits per heavy atom. The van der Waals surface area contributed by atoms with Crippen LogP contribution in [0.15, 0.2) is 54.7 Å². The molecule has 1 unspecified atom stereocenters. The number of rotatable bonds is 7. The summed E-state index contributed by atoms with van der Waals surface area (Å²) in [4.78, 5) is 4.31. The highest BCUT2D eigenvalue weighted by molar-refractivity contribution is 7.87. The number of nitrogens with zero attached hydrogens (tertiary/aromatic N) is 2. The van der Waals surface area contributed by atoms with Crippen molar-refractivity contribution in [3.63, 3.8) is 0 Å². The second kappa shape index (κ2) is 7.61. The van der Waals surface area contributed by atoms with Crippen molar-refractivity contribution in [1.29, 1.82) is 0 Å². The first kappa shape index (κ1) is 18.0. The maximum absolute atomic E-state index is 12.8. The van der Waals surface area contributed by atoms with Crippen molar-refractivity contribution < 1.29 is 13.5 Å². The van der Waals surface area contributed by atoms with Gasteiger partial charge in [-0.1, -0.05) is 36.4 Å². The molecule has 0 bridgehead atoms. The molecule has 2 N–H and O–H groups in total. The van der Waals surface area contributed by atoms with Crippen molar-refractivity contribution in [3.8, 4) is 0 Å². The molecule has 0 aliphatic heterocycles. The Kier molecular flexibility index (Phi) is 5.48. The molecule has 7 heteroatoms. The van der Waals surface area contributed by atoms with Crippen molar-refractivity contribution in [2.45, 2.75) is 31.5 Å². The highest BCUT2D eigenvalue weighted by Crippen LogP contribution is 2.37. The highest BCUT2D eigenvalue weighted by Gasteiger charge is 2.38. The van der Waals surface area contributed by atoms with Gasteiger partial charge in [-0.15, -0.1) is 0 Å². The standard InChI is InChI=1S/C18H23N3O3S/c1-21(13-14-7-3-2-4-8-14)25(23,24)20-18(15-11-16(22)12-15)17-9-5-6-10-19-17/h2-10,15-16,18,20,22H,11-13H2,1H3. The van der Waals surface area contributed by atoms with Crippen molar-refractivity contribution in [3.05, 3.63) is 66.0 Å². The molecule has 2 aromatic rings. The third-order valence-corrected chi connectivity index (χ3v) is 6.06. The maximum Gasteiger partial charge on any atom is 0.280 e. The van der Waals surface area contributed by atoms with Crippen LogP contribution in [0.5, 0.6) is 0 Å². The fraction of sp³-hybridized carbons (Fsp3) is 0.389. The van der Waals surface area contributed by atoms with Crippen LogP contribution in [0, 0.1) is 5.92 Å². The van der Waals surface area contributed by atoms with Crippen molar-refractivity contribution in [2.75, 3.05) is 7.05 Å². The smallest absolute Gasteiger partial charge is 0.280 e. The average molecular weight is 361 g/mol. The van der Waals surface area contributed by atoms with E-state index in [2.05, 4.69) is 9.71 Å². The molecular weight excluding hydrogens is 338 g/mol. The summed E-state index contributed by atoms with van der Waals surface area (Å²) in [6.45, 7) is 0.290. The first-order chi connectivity index (χ1) is 12.0. The number of benzene rings is 1. The normalized spacial score (nSPS) is 21.7. The fourth-order valence-corrected chi connectivity index (χ4v) is 4.17. The third-order valence-electron chi connectivity index (χ3n) is 4.56. The van der Waals surface area contributed by atoms with E-state index >= 15 is 0 Å².